The number of aryl methyl sites for hydroxylation is 1. The second kappa shape index (κ2) is 2.95. The van der Waals surface area contributed by atoms with E-state index in [1.54, 1.807) is 11.3 Å². The lowest BCUT2D eigenvalue weighted by atomic mass is 9.90. The fourth-order valence-electron chi connectivity index (χ4n) is 1.16. The predicted octanol–water partition coefficient (Wildman–Crippen LogP) is 2.29. The van der Waals surface area contributed by atoms with Crippen LogP contribution in [-0.4, -0.2) is 6.54 Å². The van der Waals surface area contributed by atoms with E-state index in [0.29, 0.717) is 6.54 Å². The molecule has 0 fully saturated rings. The van der Waals surface area contributed by atoms with Crippen LogP contribution in [0.3, 0.4) is 0 Å². The largest absolute Gasteiger partial charge is 0.330 e. The van der Waals surface area contributed by atoms with Crippen LogP contribution in [0, 0.1) is 6.92 Å². The van der Waals surface area contributed by atoms with Crippen molar-refractivity contribution >= 4 is 11.3 Å². The molecule has 1 heterocycles. The summed E-state index contributed by atoms with van der Waals surface area (Å²) in [5, 5.41) is 2.13. The van der Waals surface area contributed by atoms with E-state index in [9.17, 15) is 0 Å². The van der Waals surface area contributed by atoms with Crippen molar-refractivity contribution in [2.24, 2.45) is 5.73 Å². The van der Waals surface area contributed by atoms with Crippen LogP contribution in [0.2, 0.25) is 0 Å². The smallest absolute Gasteiger partial charge is 0.0143 e. The fraction of sp³-hybridized carbons (Fsp3) is 0.556. The molecule has 0 saturated heterocycles. The molecule has 62 valence electrons. The van der Waals surface area contributed by atoms with Crippen molar-refractivity contribution in [2.45, 2.75) is 26.2 Å². The van der Waals surface area contributed by atoms with E-state index in [-0.39, 0.29) is 5.41 Å². The van der Waals surface area contributed by atoms with Gasteiger partial charge in [0, 0.05) is 16.8 Å². The second-order valence-electron chi connectivity index (χ2n) is 3.52. The van der Waals surface area contributed by atoms with Gasteiger partial charge >= 0.3 is 0 Å². The molecule has 11 heavy (non-hydrogen) atoms. The number of hydrogen-bond acceptors (Lipinski definition) is 2. The average molecular weight is 169 g/mol. The van der Waals surface area contributed by atoms with Gasteiger partial charge in [-0.1, -0.05) is 13.8 Å². The molecule has 0 spiro atoms. The molecule has 0 aliphatic carbocycles. The van der Waals surface area contributed by atoms with Gasteiger partial charge in [-0.3, -0.25) is 0 Å². The Labute approximate surface area is 72.2 Å². The number of hydrogen-bond donors (Lipinski definition) is 1. The Morgan fingerprint density at radius 3 is 2.55 bits per heavy atom. The Morgan fingerprint density at radius 1 is 1.55 bits per heavy atom. The van der Waals surface area contributed by atoms with Crippen LogP contribution in [0.5, 0.6) is 0 Å². The zero-order valence-corrected chi connectivity index (χ0v) is 8.16. The summed E-state index contributed by atoms with van der Waals surface area (Å²) >= 11 is 1.80. The van der Waals surface area contributed by atoms with Gasteiger partial charge in [-0.25, -0.2) is 0 Å². The second-order valence-corrected chi connectivity index (χ2v) is 4.44. The standard InChI is InChI=1S/C9H15NS/c1-7-4-5-11-8(7)9(2,3)6-10/h4-5H,6,10H2,1-3H3. The topological polar surface area (TPSA) is 26.0 Å². The van der Waals surface area contributed by atoms with Crippen LogP contribution in [-0.2, 0) is 5.41 Å². The highest BCUT2D eigenvalue weighted by Crippen LogP contribution is 2.29. The third-order valence-electron chi connectivity index (χ3n) is 1.99. The first kappa shape index (κ1) is 8.75. The van der Waals surface area contributed by atoms with Crippen LogP contribution >= 0.6 is 11.3 Å². The molecule has 0 aliphatic heterocycles. The number of nitrogens with two attached hydrogens (primary N) is 1. The van der Waals surface area contributed by atoms with Crippen LogP contribution in [0.1, 0.15) is 24.3 Å². The molecule has 1 aromatic heterocycles. The molecule has 0 saturated carbocycles. The summed E-state index contributed by atoms with van der Waals surface area (Å²) in [4.78, 5) is 1.42. The Balaban J connectivity index is 3.00. The fourth-order valence-corrected chi connectivity index (χ4v) is 2.22. The normalized spacial score (nSPS) is 12.0. The Kier molecular flexibility index (Phi) is 2.35. The first-order valence-corrected chi connectivity index (χ1v) is 4.70. The maximum absolute atomic E-state index is 5.67. The molecule has 0 aliphatic rings. The summed E-state index contributed by atoms with van der Waals surface area (Å²) in [5.74, 6) is 0. The van der Waals surface area contributed by atoms with Crippen molar-refractivity contribution in [3.8, 4) is 0 Å². The highest BCUT2D eigenvalue weighted by atomic mass is 32.1. The zero-order chi connectivity index (χ0) is 8.48. The summed E-state index contributed by atoms with van der Waals surface area (Å²) < 4.78 is 0. The van der Waals surface area contributed by atoms with E-state index in [0.717, 1.165) is 0 Å². The van der Waals surface area contributed by atoms with Gasteiger partial charge in [0.2, 0.25) is 0 Å². The summed E-state index contributed by atoms with van der Waals surface area (Å²) in [5.41, 5.74) is 7.19. The van der Waals surface area contributed by atoms with Crippen molar-refractivity contribution in [1.29, 1.82) is 0 Å². The summed E-state index contributed by atoms with van der Waals surface area (Å²) in [6.45, 7) is 7.23. The summed E-state index contributed by atoms with van der Waals surface area (Å²) in [6, 6.07) is 2.15. The average Bonchev–Trinajstić information content (AvgIpc) is 2.36. The van der Waals surface area contributed by atoms with Crippen molar-refractivity contribution in [1.82, 2.24) is 0 Å². The molecule has 0 aromatic carbocycles. The van der Waals surface area contributed by atoms with E-state index in [4.69, 9.17) is 5.73 Å². The first-order chi connectivity index (χ1) is 5.08. The molecule has 1 rings (SSSR count). The molecule has 2 N–H and O–H groups in total. The van der Waals surface area contributed by atoms with Crippen LogP contribution in [0.15, 0.2) is 11.4 Å². The van der Waals surface area contributed by atoms with Gasteiger partial charge in [-0.05, 0) is 23.9 Å². The minimum Gasteiger partial charge on any atom is -0.330 e. The summed E-state index contributed by atoms with van der Waals surface area (Å²) in [7, 11) is 0. The Hall–Kier alpha value is -0.340. The Morgan fingerprint density at radius 2 is 2.18 bits per heavy atom. The molecule has 1 nitrogen and oxygen atoms in total. The first-order valence-electron chi connectivity index (χ1n) is 3.82. The van der Waals surface area contributed by atoms with Crippen molar-refractivity contribution in [3.05, 3.63) is 21.9 Å². The van der Waals surface area contributed by atoms with Crippen LogP contribution < -0.4 is 5.73 Å². The molecule has 1 aromatic rings. The third-order valence-corrected chi connectivity index (χ3v) is 3.37. The van der Waals surface area contributed by atoms with E-state index < -0.39 is 0 Å². The molecule has 0 atom stereocenters. The molecule has 0 amide bonds. The zero-order valence-electron chi connectivity index (χ0n) is 7.35. The minimum atomic E-state index is 0.151. The monoisotopic (exact) mass is 169 g/mol. The lowest BCUT2D eigenvalue weighted by Gasteiger charge is -2.21. The lowest BCUT2D eigenvalue weighted by Crippen LogP contribution is -2.27. The molecule has 2 heteroatoms. The maximum atomic E-state index is 5.67. The predicted molar refractivity (Wildman–Crippen MR) is 51.1 cm³/mol. The third kappa shape index (κ3) is 1.63. The molecule has 0 unspecified atom stereocenters. The molecular weight excluding hydrogens is 154 g/mol. The van der Waals surface area contributed by atoms with Gasteiger partial charge in [0.1, 0.15) is 0 Å². The van der Waals surface area contributed by atoms with Gasteiger partial charge < -0.3 is 5.73 Å². The van der Waals surface area contributed by atoms with Gasteiger partial charge in [-0.2, -0.15) is 0 Å². The van der Waals surface area contributed by atoms with E-state index in [1.165, 1.54) is 10.4 Å². The van der Waals surface area contributed by atoms with Gasteiger partial charge in [0.05, 0.1) is 0 Å². The van der Waals surface area contributed by atoms with Crippen molar-refractivity contribution in [3.63, 3.8) is 0 Å². The molecule has 0 bridgehead atoms. The van der Waals surface area contributed by atoms with Gasteiger partial charge in [-0.15, -0.1) is 11.3 Å². The summed E-state index contributed by atoms with van der Waals surface area (Å²) in [6.07, 6.45) is 0. The minimum absolute atomic E-state index is 0.151. The quantitative estimate of drug-likeness (QED) is 0.722. The van der Waals surface area contributed by atoms with Gasteiger partial charge in [0.25, 0.3) is 0 Å². The van der Waals surface area contributed by atoms with E-state index >= 15 is 0 Å². The molecule has 0 radical (unpaired) electrons. The van der Waals surface area contributed by atoms with Gasteiger partial charge in [0.15, 0.2) is 0 Å². The Bertz CT molecular complexity index is 237. The van der Waals surface area contributed by atoms with Crippen LogP contribution in [0.4, 0.5) is 0 Å². The van der Waals surface area contributed by atoms with E-state index in [1.807, 2.05) is 0 Å². The van der Waals surface area contributed by atoms with Crippen LogP contribution in [0.25, 0.3) is 0 Å². The van der Waals surface area contributed by atoms with Crippen molar-refractivity contribution < 1.29 is 0 Å². The number of thiophene rings is 1. The van der Waals surface area contributed by atoms with E-state index in [2.05, 4.69) is 32.2 Å². The molecular formula is C9H15NS. The van der Waals surface area contributed by atoms with Crippen molar-refractivity contribution in [2.75, 3.05) is 6.54 Å². The lowest BCUT2D eigenvalue weighted by molar-refractivity contribution is 0.547. The SMILES string of the molecule is Cc1ccsc1C(C)(C)CN. The highest BCUT2D eigenvalue weighted by Gasteiger charge is 2.21. The highest BCUT2D eigenvalue weighted by molar-refractivity contribution is 7.10. The number of rotatable bonds is 2. The maximum Gasteiger partial charge on any atom is 0.0143 e.